The normalized spacial score (nSPS) is 20.2. The van der Waals surface area contributed by atoms with Crippen LogP contribution >= 0.6 is 0 Å². The zero-order valence-corrected chi connectivity index (χ0v) is 21.4. The van der Waals surface area contributed by atoms with Crippen LogP contribution in [-0.2, 0) is 21.5 Å². The van der Waals surface area contributed by atoms with Gasteiger partial charge in [-0.2, -0.15) is 4.31 Å². The number of aromatic nitrogens is 3. The van der Waals surface area contributed by atoms with Gasteiger partial charge < -0.3 is 14.6 Å². The minimum atomic E-state index is -3.23. The number of nitrogens with zero attached hydrogens (tertiary/aromatic N) is 4. The summed E-state index contributed by atoms with van der Waals surface area (Å²) in [6, 6.07) is 2.31. The Kier molecular flexibility index (Phi) is 7.08. The van der Waals surface area contributed by atoms with E-state index >= 15 is 0 Å². The molecule has 4 rings (SSSR count). The van der Waals surface area contributed by atoms with Crippen molar-refractivity contribution in [1.82, 2.24) is 24.2 Å². The number of carbonyl (C=O) groups excluding carboxylic acids is 1. The number of anilines is 1. The lowest BCUT2D eigenvalue weighted by molar-refractivity contribution is 0.0899. The van der Waals surface area contributed by atoms with Crippen LogP contribution < -0.4 is 10.6 Å². The Bertz CT molecular complexity index is 1100. The number of ether oxygens (including phenoxy) is 1. The van der Waals surface area contributed by atoms with Crippen LogP contribution in [0.15, 0.2) is 18.5 Å². The third kappa shape index (κ3) is 6.31. The summed E-state index contributed by atoms with van der Waals surface area (Å²) in [5, 5.41) is 5.37. The highest BCUT2D eigenvalue weighted by Gasteiger charge is 2.41. The van der Waals surface area contributed by atoms with Gasteiger partial charge in [-0.15, -0.1) is 0 Å². The van der Waals surface area contributed by atoms with E-state index in [-0.39, 0.29) is 11.3 Å². The second kappa shape index (κ2) is 9.69. The third-order valence-electron chi connectivity index (χ3n) is 5.96. The van der Waals surface area contributed by atoms with Crippen LogP contribution in [0.5, 0.6) is 0 Å². The highest BCUT2D eigenvalue weighted by molar-refractivity contribution is 7.90. The van der Waals surface area contributed by atoms with Gasteiger partial charge in [0.05, 0.1) is 11.4 Å². The summed E-state index contributed by atoms with van der Waals surface area (Å²) in [7, 11) is -4.35. The van der Waals surface area contributed by atoms with E-state index in [1.54, 1.807) is 0 Å². The minimum Gasteiger partial charge on any atom is -0.361 e. The van der Waals surface area contributed by atoms with Gasteiger partial charge in [0.1, 0.15) is 12.2 Å². The predicted octanol–water partition coefficient (Wildman–Crippen LogP) is 2.82. The maximum absolute atomic E-state index is 12.5. The fourth-order valence-corrected chi connectivity index (χ4v) is 6.55. The molecule has 2 N–H and O–H groups in total. The number of urea groups is 1. The molecule has 33 heavy (non-hydrogen) atoms. The second-order valence-electron chi connectivity index (χ2n) is 10.1. The SMILES string of the molecule is C[Si](C)(C)CCOCn1ccc2nc(NC(=O)NC3CCCN(S(=O)(=O)C4CC4)C3)cnc21. The van der Waals surface area contributed by atoms with E-state index in [1.165, 1.54) is 10.5 Å². The van der Waals surface area contributed by atoms with Crippen molar-refractivity contribution in [1.29, 1.82) is 0 Å². The Morgan fingerprint density at radius 3 is 2.79 bits per heavy atom. The number of amides is 2. The molecule has 182 valence electrons. The van der Waals surface area contributed by atoms with Crippen molar-refractivity contribution >= 4 is 41.1 Å². The van der Waals surface area contributed by atoms with Crippen LogP contribution in [0.1, 0.15) is 25.7 Å². The molecule has 1 saturated heterocycles. The Morgan fingerprint density at radius 1 is 1.27 bits per heavy atom. The number of hydrogen-bond donors (Lipinski definition) is 2. The van der Waals surface area contributed by atoms with Crippen molar-refractivity contribution < 1.29 is 17.9 Å². The lowest BCUT2D eigenvalue weighted by atomic mass is 10.1. The zero-order valence-electron chi connectivity index (χ0n) is 19.6. The number of hydrogen-bond acceptors (Lipinski definition) is 6. The Morgan fingerprint density at radius 2 is 2.06 bits per heavy atom. The summed E-state index contributed by atoms with van der Waals surface area (Å²) in [5.41, 5.74) is 1.36. The standard InChI is InChI=1S/C21H34N6O4SSi/c1-33(2,3)12-11-31-15-26-10-8-18-20(26)22-13-19(24-18)25-21(28)23-16-5-4-9-27(14-16)32(29,30)17-6-7-17/h8,10,13,16-17H,4-7,9,11-12,14-15H2,1-3H3,(H2,23,24,25,28). The average Bonchev–Trinajstić information content (AvgIpc) is 3.53. The van der Waals surface area contributed by atoms with Gasteiger partial charge in [0.15, 0.2) is 11.5 Å². The molecule has 10 nitrogen and oxygen atoms in total. The summed E-state index contributed by atoms with van der Waals surface area (Å²) >= 11 is 0. The first-order chi connectivity index (χ1) is 15.6. The number of carbonyl (C=O) groups is 1. The van der Waals surface area contributed by atoms with Crippen LogP contribution in [0.2, 0.25) is 25.7 Å². The van der Waals surface area contributed by atoms with Crippen molar-refractivity contribution in [2.24, 2.45) is 0 Å². The fraction of sp³-hybridized carbons (Fsp3) is 0.667. The lowest BCUT2D eigenvalue weighted by Crippen LogP contribution is -2.51. The molecule has 1 saturated carbocycles. The second-order valence-corrected chi connectivity index (χ2v) is 18.0. The van der Waals surface area contributed by atoms with Gasteiger partial charge in [0.25, 0.3) is 0 Å². The van der Waals surface area contributed by atoms with Gasteiger partial charge in [-0.1, -0.05) is 19.6 Å². The summed E-state index contributed by atoms with van der Waals surface area (Å²) in [6.07, 6.45) is 6.35. The lowest BCUT2D eigenvalue weighted by Gasteiger charge is -2.32. The molecule has 3 heterocycles. The molecular formula is C21H34N6O4SSi. The highest BCUT2D eigenvalue weighted by atomic mass is 32.2. The number of rotatable bonds is 9. The molecule has 12 heteroatoms. The Labute approximate surface area is 196 Å². The Balaban J connectivity index is 1.30. The summed E-state index contributed by atoms with van der Waals surface area (Å²) in [6.45, 7) is 8.94. The van der Waals surface area contributed by atoms with Crippen molar-refractivity contribution in [2.45, 2.75) is 69.4 Å². The molecule has 1 atom stereocenters. The van der Waals surface area contributed by atoms with Crippen LogP contribution in [-0.4, -0.2) is 72.4 Å². The van der Waals surface area contributed by atoms with E-state index in [0.29, 0.717) is 36.8 Å². The summed E-state index contributed by atoms with van der Waals surface area (Å²) in [5.74, 6) is 0.343. The van der Waals surface area contributed by atoms with Gasteiger partial charge >= 0.3 is 6.03 Å². The number of sulfonamides is 1. The van der Waals surface area contributed by atoms with E-state index < -0.39 is 24.1 Å². The molecule has 0 spiro atoms. The van der Waals surface area contributed by atoms with Crippen LogP contribution in [0.4, 0.5) is 10.6 Å². The molecule has 2 fully saturated rings. The van der Waals surface area contributed by atoms with E-state index in [2.05, 4.69) is 40.2 Å². The maximum atomic E-state index is 12.5. The number of piperidine rings is 1. The zero-order chi connectivity index (χ0) is 23.6. The van der Waals surface area contributed by atoms with Gasteiger partial charge in [-0.25, -0.2) is 23.2 Å². The van der Waals surface area contributed by atoms with Gasteiger partial charge in [-0.05, 0) is 37.8 Å². The first-order valence-electron chi connectivity index (χ1n) is 11.6. The van der Waals surface area contributed by atoms with E-state index in [1.807, 2.05) is 16.8 Å². The molecule has 2 aromatic heterocycles. The largest absolute Gasteiger partial charge is 0.361 e. The molecule has 1 aliphatic heterocycles. The molecule has 1 aliphatic carbocycles. The molecule has 2 aliphatic rings. The van der Waals surface area contributed by atoms with Gasteiger partial charge in [0, 0.05) is 40.0 Å². The van der Waals surface area contributed by atoms with E-state index in [0.717, 1.165) is 38.3 Å². The molecule has 0 bridgehead atoms. The van der Waals surface area contributed by atoms with Crippen molar-refractivity contribution in [3.05, 3.63) is 18.5 Å². The topological polar surface area (TPSA) is 118 Å². The number of nitrogens with one attached hydrogen (secondary N) is 2. The van der Waals surface area contributed by atoms with Gasteiger partial charge in [0.2, 0.25) is 10.0 Å². The first-order valence-corrected chi connectivity index (χ1v) is 16.8. The fourth-order valence-electron chi connectivity index (χ4n) is 3.87. The van der Waals surface area contributed by atoms with Gasteiger partial charge in [-0.3, -0.25) is 5.32 Å². The molecular weight excluding hydrogens is 460 g/mol. The predicted molar refractivity (Wildman–Crippen MR) is 130 cm³/mol. The molecule has 2 amide bonds. The summed E-state index contributed by atoms with van der Waals surface area (Å²) in [4.78, 5) is 21.4. The molecule has 2 aromatic rings. The Hall–Kier alpha value is -2.02. The highest BCUT2D eigenvalue weighted by Crippen LogP contribution is 2.32. The van der Waals surface area contributed by atoms with Crippen LogP contribution in [0.3, 0.4) is 0 Å². The monoisotopic (exact) mass is 494 g/mol. The maximum Gasteiger partial charge on any atom is 0.320 e. The van der Waals surface area contributed by atoms with Crippen molar-refractivity contribution in [2.75, 3.05) is 25.0 Å². The molecule has 0 aromatic carbocycles. The third-order valence-corrected chi connectivity index (χ3v) is 10.0. The van der Waals surface area contributed by atoms with Crippen molar-refractivity contribution in [3.63, 3.8) is 0 Å². The minimum absolute atomic E-state index is 0.224. The van der Waals surface area contributed by atoms with E-state index in [4.69, 9.17) is 4.74 Å². The number of fused-ring (bicyclic) bond motifs is 1. The molecule has 0 radical (unpaired) electrons. The van der Waals surface area contributed by atoms with Crippen LogP contribution in [0, 0.1) is 0 Å². The average molecular weight is 495 g/mol. The van der Waals surface area contributed by atoms with Crippen LogP contribution in [0.25, 0.3) is 11.2 Å². The first kappa shape index (κ1) is 24.1. The van der Waals surface area contributed by atoms with Crippen molar-refractivity contribution in [3.8, 4) is 0 Å². The smallest absolute Gasteiger partial charge is 0.320 e. The van der Waals surface area contributed by atoms with E-state index in [9.17, 15) is 13.2 Å². The molecule has 1 unspecified atom stereocenters. The summed E-state index contributed by atoms with van der Waals surface area (Å²) < 4.78 is 34.2. The quantitative estimate of drug-likeness (QED) is 0.409.